The van der Waals surface area contributed by atoms with Crippen molar-refractivity contribution in [3.05, 3.63) is 130 Å². The highest BCUT2D eigenvalue weighted by Crippen LogP contribution is 2.38. The lowest BCUT2D eigenvalue weighted by Gasteiger charge is -2.16. The molecule has 4 aromatic rings. The summed E-state index contributed by atoms with van der Waals surface area (Å²) in [5, 5.41) is 9.88. The van der Waals surface area contributed by atoms with Crippen molar-refractivity contribution in [2.45, 2.75) is 33.3 Å². The molecule has 0 aromatic heterocycles. The van der Waals surface area contributed by atoms with Crippen molar-refractivity contribution in [1.82, 2.24) is 0 Å². The van der Waals surface area contributed by atoms with Gasteiger partial charge >= 0.3 is 5.97 Å². The van der Waals surface area contributed by atoms with Crippen molar-refractivity contribution in [1.29, 1.82) is 0 Å². The van der Waals surface area contributed by atoms with Gasteiger partial charge in [-0.15, -0.1) is 0 Å². The van der Waals surface area contributed by atoms with Gasteiger partial charge in [-0.2, -0.15) is 0 Å². The zero-order valence-electron chi connectivity index (χ0n) is 22.9. The Balaban J connectivity index is 1.46. The number of aliphatic imine (C=N–C) groups is 1. The van der Waals surface area contributed by atoms with Gasteiger partial charge in [0.1, 0.15) is 12.4 Å². The Labute approximate surface area is 244 Å². The van der Waals surface area contributed by atoms with Crippen LogP contribution in [0, 0.1) is 0 Å². The molecule has 1 aliphatic heterocycles. The predicted molar refractivity (Wildman–Crippen MR) is 166 cm³/mol. The van der Waals surface area contributed by atoms with E-state index in [0.717, 1.165) is 35.3 Å². The largest absolute Gasteiger partial charge is 0.488 e. The second-order valence-electron chi connectivity index (χ2n) is 9.52. The number of carbonyl (C=O) groups is 2. The minimum absolute atomic E-state index is 0.160. The van der Waals surface area contributed by atoms with Gasteiger partial charge in [0.15, 0.2) is 5.17 Å². The number of rotatable bonds is 9. The lowest BCUT2D eigenvalue weighted by molar-refractivity contribution is -0.113. The van der Waals surface area contributed by atoms with E-state index in [4.69, 9.17) is 9.73 Å². The first-order chi connectivity index (χ1) is 19.9. The third kappa shape index (κ3) is 6.58. The molecule has 0 spiro atoms. The average molecular weight is 563 g/mol. The second-order valence-corrected chi connectivity index (χ2v) is 10.5. The van der Waals surface area contributed by atoms with Crippen LogP contribution in [0.5, 0.6) is 5.75 Å². The summed E-state index contributed by atoms with van der Waals surface area (Å²) in [5.74, 6) is -0.554. The molecule has 1 heterocycles. The van der Waals surface area contributed by atoms with Crippen LogP contribution in [-0.2, 0) is 24.2 Å². The fourth-order valence-electron chi connectivity index (χ4n) is 4.40. The van der Waals surface area contributed by atoms with Crippen molar-refractivity contribution in [2.75, 3.05) is 4.90 Å². The molecule has 0 saturated carbocycles. The summed E-state index contributed by atoms with van der Waals surface area (Å²) in [6, 6.07) is 30.2. The topological polar surface area (TPSA) is 79.2 Å². The first-order valence-electron chi connectivity index (χ1n) is 13.5. The maximum atomic E-state index is 13.8. The summed E-state index contributed by atoms with van der Waals surface area (Å²) in [4.78, 5) is 32.2. The third-order valence-corrected chi connectivity index (χ3v) is 7.72. The normalized spacial score (nSPS) is 15.1. The number of carboxylic acid groups (broad SMARTS) is 1. The van der Waals surface area contributed by atoms with Crippen molar-refractivity contribution in [2.24, 2.45) is 4.99 Å². The quantitative estimate of drug-likeness (QED) is 0.210. The molecule has 0 atom stereocenters. The van der Waals surface area contributed by atoms with Crippen LogP contribution >= 0.6 is 11.8 Å². The lowest BCUT2D eigenvalue weighted by Crippen LogP contribution is -2.28. The Kier molecular flexibility index (Phi) is 8.65. The summed E-state index contributed by atoms with van der Waals surface area (Å²) in [7, 11) is 0. The van der Waals surface area contributed by atoms with E-state index >= 15 is 0 Å². The fraction of sp³-hybridized carbons (Fsp3) is 0.147. The SMILES string of the molecule is CCc1ccc(N=C2S/C(=C\c3ccccc3OCc3cccc(C(=O)O)c3)C(=O)N2c2ccc(CC)cc2)cc1. The monoisotopic (exact) mass is 562 g/mol. The van der Waals surface area contributed by atoms with Crippen LogP contribution in [0.2, 0.25) is 0 Å². The van der Waals surface area contributed by atoms with Gasteiger partial charge in [0.05, 0.1) is 21.8 Å². The summed E-state index contributed by atoms with van der Waals surface area (Å²) in [6.07, 6.45) is 3.68. The van der Waals surface area contributed by atoms with Crippen LogP contribution in [0.3, 0.4) is 0 Å². The number of ether oxygens (including phenoxy) is 1. The van der Waals surface area contributed by atoms with Crippen molar-refractivity contribution >= 4 is 46.3 Å². The zero-order chi connectivity index (χ0) is 28.8. The molecule has 0 radical (unpaired) electrons. The standard InChI is InChI=1S/C34H30N2O4S/c1-3-23-12-16-28(17-13-23)35-34-36(29-18-14-24(4-2)15-19-29)32(37)31(41-34)21-26-9-5-6-11-30(26)40-22-25-8-7-10-27(20-25)33(38)39/h5-21H,3-4,22H2,1-2H3,(H,38,39)/b31-21-,35-34?. The fourth-order valence-corrected chi connectivity index (χ4v) is 5.39. The van der Waals surface area contributed by atoms with E-state index < -0.39 is 5.97 Å². The summed E-state index contributed by atoms with van der Waals surface area (Å²) >= 11 is 1.33. The number of hydrogen-bond acceptors (Lipinski definition) is 5. The molecule has 4 aromatic carbocycles. The van der Waals surface area contributed by atoms with Crippen LogP contribution in [-0.4, -0.2) is 22.2 Å². The van der Waals surface area contributed by atoms with E-state index in [9.17, 15) is 14.7 Å². The molecule has 7 heteroatoms. The number of aryl methyl sites for hydroxylation is 2. The maximum absolute atomic E-state index is 13.8. The van der Waals surface area contributed by atoms with Crippen LogP contribution < -0.4 is 9.64 Å². The van der Waals surface area contributed by atoms with Crippen molar-refractivity contribution in [3.63, 3.8) is 0 Å². The number of amidine groups is 1. The number of anilines is 1. The van der Waals surface area contributed by atoms with Crippen LogP contribution in [0.4, 0.5) is 11.4 Å². The van der Waals surface area contributed by atoms with Crippen LogP contribution in [0.1, 0.15) is 46.5 Å². The van der Waals surface area contributed by atoms with E-state index in [1.54, 1.807) is 23.1 Å². The molecule has 0 bridgehead atoms. The maximum Gasteiger partial charge on any atom is 0.335 e. The highest BCUT2D eigenvalue weighted by atomic mass is 32.2. The van der Waals surface area contributed by atoms with E-state index in [1.807, 2.05) is 72.8 Å². The molecular weight excluding hydrogens is 532 g/mol. The molecule has 0 unspecified atom stereocenters. The highest BCUT2D eigenvalue weighted by Gasteiger charge is 2.35. The Morgan fingerprint density at radius 2 is 1.56 bits per heavy atom. The Morgan fingerprint density at radius 3 is 2.24 bits per heavy atom. The Hall–Kier alpha value is -4.62. The molecule has 5 rings (SSSR count). The highest BCUT2D eigenvalue weighted by molar-refractivity contribution is 8.19. The number of carbonyl (C=O) groups excluding carboxylic acids is 1. The zero-order valence-corrected chi connectivity index (χ0v) is 23.7. The van der Waals surface area contributed by atoms with Gasteiger partial charge in [-0.05, 0) is 89.8 Å². The van der Waals surface area contributed by atoms with Crippen molar-refractivity contribution < 1.29 is 19.4 Å². The third-order valence-electron chi connectivity index (χ3n) is 6.75. The summed E-state index contributed by atoms with van der Waals surface area (Å²) < 4.78 is 6.08. The Morgan fingerprint density at radius 1 is 0.878 bits per heavy atom. The number of thioether (sulfide) groups is 1. The predicted octanol–water partition coefficient (Wildman–Crippen LogP) is 7.90. The molecule has 1 aliphatic rings. The van der Waals surface area contributed by atoms with E-state index in [-0.39, 0.29) is 18.1 Å². The number of aromatic carboxylic acids is 1. The molecule has 1 amide bonds. The number of carboxylic acids is 1. The molecule has 1 fully saturated rings. The van der Waals surface area contributed by atoms with Gasteiger partial charge in [0, 0.05) is 5.56 Å². The minimum atomic E-state index is -0.985. The first kappa shape index (κ1) is 27.9. The van der Waals surface area contributed by atoms with E-state index in [2.05, 4.69) is 26.0 Å². The van der Waals surface area contributed by atoms with Crippen LogP contribution in [0.15, 0.2) is 107 Å². The first-order valence-corrected chi connectivity index (χ1v) is 14.3. The molecule has 41 heavy (non-hydrogen) atoms. The number of hydrogen-bond donors (Lipinski definition) is 1. The molecule has 6 nitrogen and oxygen atoms in total. The molecule has 1 saturated heterocycles. The molecule has 0 aliphatic carbocycles. The van der Waals surface area contributed by atoms with Crippen molar-refractivity contribution in [3.8, 4) is 5.75 Å². The molecule has 206 valence electrons. The van der Waals surface area contributed by atoms with Gasteiger partial charge in [-0.1, -0.05) is 68.4 Å². The molecular formula is C34H30N2O4S. The van der Waals surface area contributed by atoms with Crippen LogP contribution in [0.25, 0.3) is 6.08 Å². The summed E-state index contributed by atoms with van der Waals surface area (Å²) in [5.41, 5.74) is 5.64. The summed E-state index contributed by atoms with van der Waals surface area (Å²) in [6.45, 7) is 4.40. The minimum Gasteiger partial charge on any atom is -0.488 e. The number of benzene rings is 4. The van der Waals surface area contributed by atoms with Gasteiger partial charge in [-0.25, -0.2) is 9.79 Å². The average Bonchev–Trinajstić information content (AvgIpc) is 3.30. The van der Waals surface area contributed by atoms with Gasteiger partial charge in [0.2, 0.25) is 0 Å². The number of para-hydroxylation sites is 1. The second kappa shape index (κ2) is 12.7. The number of nitrogens with zero attached hydrogens (tertiary/aromatic N) is 2. The van der Waals surface area contributed by atoms with E-state index in [1.165, 1.54) is 22.9 Å². The lowest BCUT2D eigenvalue weighted by atomic mass is 10.1. The van der Waals surface area contributed by atoms with Gasteiger partial charge < -0.3 is 9.84 Å². The van der Waals surface area contributed by atoms with Gasteiger partial charge in [0.25, 0.3) is 5.91 Å². The Bertz CT molecular complexity index is 1630. The van der Waals surface area contributed by atoms with E-state index in [0.29, 0.717) is 15.8 Å². The molecule has 1 N–H and O–H groups in total. The smallest absolute Gasteiger partial charge is 0.335 e. The number of amides is 1. The van der Waals surface area contributed by atoms with Gasteiger partial charge in [-0.3, -0.25) is 9.69 Å².